The summed E-state index contributed by atoms with van der Waals surface area (Å²) in [6.07, 6.45) is 3.06. The molecule has 1 aromatic carbocycles. The van der Waals surface area contributed by atoms with Gasteiger partial charge < -0.3 is 10.2 Å². The van der Waals surface area contributed by atoms with E-state index in [1.54, 1.807) is 11.3 Å². The lowest BCUT2D eigenvalue weighted by atomic mass is 10.0. The molecular formula is C19H25N3OS. The number of nitrogens with zero attached hydrogens (tertiary/aromatic N) is 2. The van der Waals surface area contributed by atoms with Gasteiger partial charge in [0.2, 0.25) is 0 Å². The van der Waals surface area contributed by atoms with Crippen molar-refractivity contribution in [3.05, 3.63) is 40.9 Å². The number of amides is 1. The third kappa shape index (κ3) is 3.84. The van der Waals surface area contributed by atoms with E-state index in [0.717, 1.165) is 60.7 Å². The zero-order valence-electron chi connectivity index (χ0n) is 14.4. The first-order valence-corrected chi connectivity index (χ1v) is 9.61. The van der Waals surface area contributed by atoms with Crippen LogP contribution in [0.5, 0.6) is 0 Å². The normalized spacial score (nSPS) is 15.4. The number of nitrogens with one attached hydrogen (secondary N) is 1. The smallest absolute Gasteiger partial charge is 0.254 e. The lowest BCUT2D eigenvalue weighted by Crippen LogP contribution is -2.46. The summed E-state index contributed by atoms with van der Waals surface area (Å²) in [6, 6.07) is 8.26. The van der Waals surface area contributed by atoms with Crippen molar-refractivity contribution in [2.24, 2.45) is 0 Å². The molecule has 0 radical (unpaired) electrons. The van der Waals surface area contributed by atoms with Crippen LogP contribution in [0.4, 0.5) is 0 Å². The molecule has 1 aromatic heterocycles. The van der Waals surface area contributed by atoms with Crippen molar-refractivity contribution in [1.82, 2.24) is 15.2 Å². The molecule has 128 valence electrons. The number of carbonyl (C=O) groups is 1. The Hall–Kier alpha value is -1.72. The number of thiazole rings is 1. The highest BCUT2D eigenvalue weighted by Crippen LogP contribution is 2.25. The summed E-state index contributed by atoms with van der Waals surface area (Å²) in [6.45, 7) is 6.95. The summed E-state index contributed by atoms with van der Waals surface area (Å²) in [5.74, 6) is 0.152. The maximum atomic E-state index is 13.1. The van der Waals surface area contributed by atoms with Gasteiger partial charge in [-0.15, -0.1) is 11.3 Å². The van der Waals surface area contributed by atoms with E-state index in [4.69, 9.17) is 0 Å². The van der Waals surface area contributed by atoms with E-state index in [-0.39, 0.29) is 5.91 Å². The molecule has 1 fully saturated rings. The minimum Gasteiger partial charge on any atom is -0.336 e. The molecule has 1 saturated heterocycles. The predicted molar refractivity (Wildman–Crippen MR) is 99.5 cm³/mol. The minimum absolute atomic E-state index is 0.152. The van der Waals surface area contributed by atoms with E-state index in [9.17, 15) is 4.79 Å². The maximum absolute atomic E-state index is 13.1. The fourth-order valence-corrected chi connectivity index (χ4v) is 4.04. The van der Waals surface area contributed by atoms with Gasteiger partial charge in [0.15, 0.2) is 0 Å². The van der Waals surface area contributed by atoms with Crippen LogP contribution in [0.2, 0.25) is 0 Å². The van der Waals surface area contributed by atoms with E-state index in [1.807, 2.05) is 36.6 Å². The van der Waals surface area contributed by atoms with Crippen LogP contribution in [-0.2, 0) is 0 Å². The molecule has 2 aromatic rings. The number of aryl methyl sites for hydroxylation is 1. The monoisotopic (exact) mass is 343 g/mol. The molecule has 5 heteroatoms. The van der Waals surface area contributed by atoms with E-state index in [0.29, 0.717) is 6.04 Å². The Bertz CT molecular complexity index is 691. The molecule has 4 nitrogen and oxygen atoms in total. The van der Waals surface area contributed by atoms with Crippen molar-refractivity contribution in [2.75, 3.05) is 19.6 Å². The lowest BCUT2D eigenvalue weighted by molar-refractivity contribution is 0.0642. The molecule has 1 N–H and O–H groups in total. The molecule has 1 aliphatic rings. The number of hydrogen-bond acceptors (Lipinski definition) is 4. The van der Waals surface area contributed by atoms with Gasteiger partial charge in [-0.3, -0.25) is 4.79 Å². The maximum Gasteiger partial charge on any atom is 0.254 e. The molecule has 2 heterocycles. The van der Waals surface area contributed by atoms with Crippen molar-refractivity contribution in [3.63, 3.8) is 0 Å². The molecule has 0 aliphatic carbocycles. The highest BCUT2D eigenvalue weighted by molar-refractivity contribution is 7.13. The number of aromatic nitrogens is 1. The van der Waals surface area contributed by atoms with Crippen molar-refractivity contribution in [1.29, 1.82) is 0 Å². The van der Waals surface area contributed by atoms with Crippen LogP contribution >= 0.6 is 11.3 Å². The molecule has 0 saturated carbocycles. The quantitative estimate of drug-likeness (QED) is 0.900. The van der Waals surface area contributed by atoms with Crippen LogP contribution < -0.4 is 5.32 Å². The first kappa shape index (κ1) is 17.1. The van der Waals surface area contributed by atoms with Gasteiger partial charge in [-0.2, -0.15) is 0 Å². The molecule has 0 spiro atoms. The molecule has 3 rings (SSSR count). The fourth-order valence-electron chi connectivity index (χ4n) is 3.25. The second-order valence-corrected chi connectivity index (χ2v) is 7.21. The van der Waals surface area contributed by atoms with Gasteiger partial charge in [0.1, 0.15) is 5.01 Å². The van der Waals surface area contributed by atoms with E-state index < -0.39 is 0 Å². The fraction of sp³-hybridized carbons (Fsp3) is 0.474. The largest absolute Gasteiger partial charge is 0.336 e. The van der Waals surface area contributed by atoms with E-state index in [1.165, 1.54) is 0 Å². The van der Waals surface area contributed by atoms with Crippen LogP contribution in [0.3, 0.4) is 0 Å². The Labute approximate surface area is 147 Å². The molecular weight excluding hydrogens is 318 g/mol. The number of carbonyl (C=O) groups excluding carboxylic acids is 1. The first-order chi connectivity index (χ1) is 11.7. The van der Waals surface area contributed by atoms with Gasteiger partial charge >= 0.3 is 0 Å². The highest BCUT2D eigenvalue weighted by atomic mass is 32.1. The molecule has 24 heavy (non-hydrogen) atoms. The zero-order valence-corrected chi connectivity index (χ0v) is 15.2. The lowest BCUT2D eigenvalue weighted by Gasteiger charge is -2.34. The van der Waals surface area contributed by atoms with Crippen molar-refractivity contribution in [2.45, 2.75) is 39.2 Å². The Kier molecular flexibility index (Phi) is 5.63. The van der Waals surface area contributed by atoms with Crippen LogP contribution in [0.15, 0.2) is 29.6 Å². The van der Waals surface area contributed by atoms with Gasteiger partial charge in [-0.1, -0.05) is 19.1 Å². The summed E-state index contributed by atoms with van der Waals surface area (Å²) in [5, 5.41) is 6.40. The number of piperidine rings is 1. The summed E-state index contributed by atoms with van der Waals surface area (Å²) < 4.78 is 0. The van der Waals surface area contributed by atoms with Crippen LogP contribution in [-0.4, -0.2) is 41.5 Å². The Morgan fingerprint density at radius 3 is 2.83 bits per heavy atom. The standard InChI is InChI=1S/C19H25N3OS/c1-3-11-22(17-7-9-20-10-8-17)19(23)16-6-4-5-15(12-16)18-21-14(2)13-24-18/h4-6,12-13,17,20H,3,7-11H2,1-2H3. The zero-order chi connectivity index (χ0) is 16.9. The summed E-state index contributed by atoms with van der Waals surface area (Å²) in [7, 11) is 0. The third-order valence-corrected chi connectivity index (χ3v) is 5.46. The van der Waals surface area contributed by atoms with Gasteiger partial charge in [0, 0.05) is 34.8 Å². The third-order valence-electron chi connectivity index (χ3n) is 4.45. The van der Waals surface area contributed by atoms with Crippen molar-refractivity contribution in [3.8, 4) is 10.6 Å². The van der Waals surface area contributed by atoms with E-state index >= 15 is 0 Å². The predicted octanol–water partition coefficient (Wildman–Crippen LogP) is 3.72. The Balaban J connectivity index is 1.84. The summed E-state index contributed by atoms with van der Waals surface area (Å²) >= 11 is 1.63. The first-order valence-electron chi connectivity index (χ1n) is 8.73. The average Bonchev–Trinajstić information content (AvgIpc) is 3.06. The topological polar surface area (TPSA) is 45.2 Å². The number of hydrogen-bond donors (Lipinski definition) is 1. The molecule has 1 amide bonds. The number of rotatable bonds is 5. The molecule has 0 bridgehead atoms. The van der Waals surface area contributed by atoms with Gasteiger partial charge in [0.05, 0.1) is 0 Å². The van der Waals surface area contributed by atoms with Gasteiger partial charge in [-0.05, 0) is 51.4 Å². The molecule has 0 atom stereocenters. The van der Waals surface area contributed by atoms with Crippen molar-refractivity contribution >= 4 is 17.2 Å². The van der Waals surface area contributed by atoms with Gasteiger partial charge in [0.25, 0.3) is 5.91 Å². The second-order valence-electron chi connectivity index (χ2n) is 6.35. The Morgan fingerprint density at radius 2 is 2.17 bits per heavy atom. The summed E-state index contributed by atoms with van der Waals surface area (Å²) in [5.41, 5.74) is 2.82. The van der Waals surface area contributed by atoms with Crippen molar-refractivity contribution < 1.29 is 4.79 Å². The summed E-state index contributed by atoms with van der Waals surface area (Å²) in [4.78, 5) is 19.7. The SMILES string of the molecule is CCCN(C(=O)c1cccc(-c2nc(C)cs2)c1)C1CCNCC1. The highest BCUT2D eigenvalue weighted by Gasteiger charge is 2.25. The minimum atomic E-state index is 0.152. The van der Waals surface area contributed by atoms with E-state index in [2.05, 4.69) is 22.1 Å². The second kappa shape index (κ2) is 7.90. The molecule has 0 unspecified atom stereocenters. The van der Waals surface area contributed by atoms with Crippen LogP contribution in [0.25, 0.3) is 10.6 Å². The molecule has 1 aliphatic heterocycles. The number of benzene rings is 1. The van der Waals surface area contributed by atoms with Gasteiger partial charge in [-0.25, -0.2) is 4.98 Å². The van der Waals surface area contributed by atoms with Crippen LogP contribution in [0, 0.1) is 6.92 Å². The Morgan fingerprint density at radius 1 is 1.38 bits per heavy atom. The van der Waals surface area contributed by atoms with Crippen LogP contribution in [0.1, 0.15) is 42.2 Å². The average molecular weight is 343 g/mol.